The molecule has 4 aromatic rings. The van der Waals surface area contributed by atoms with Crippen LogP contribution in [0.2, 0.25) is 0 Å². The Morgan fingerprint density at radius 1 is 0.594 bits per heavy atom. The number of aromatic nitrogens is 2. The first-order valence-electron chi connectivity index (χ1n) is 11.2. The summed E-state index contributed by atoms with van der Waals surface area (Å²) in [5.41, 5.74) is 4.84. The quantitative estimate of drug-likeness (QED) is 0.297. The molecule has 0 bridgehead atoms. The first-order chi connectivity index (χ1) is 15.1. The fraction of sp³-hybridized carbons (Fsp3) is 0.357. The van der Waals surface area contributed by atoms with Gasteiger partial charge in [-0.05, 0) is 83.3 Å². The van der Waals surface area contributed by atoms with Crippen LogP contribution >= 0.6 is 22.7 Å². The minimum atomic E-state index is 0.296. The van der Waals surface area contributed by atoms with Crippen LogP contribution in [0.1, 0.15) is 51.3 Å². The van der Waals surface area contributed by atoms with Crippen LogP contribution in [-0.4, -0.2) is 9.97 Å². The van der Waals surface area contributed by atoms with Crippen LogP contribution in [0.25, 0.3) is 32.3 Å². The van der Waals surface area contributed by atoms with Crippen molar-refractivity contribution < 1.29 is 0 Å². The Hall–Kier alpha value is -2.30. The van der Waals surface area contributed by atoms with E-state index in [1.54, 1.807) is 0 Å². The predicted molar refractivity (Wildman–Crippen MR) is 140 cm³/mol. The zero-order chi connectivity index (χ0) is 22.9. The van der Waals surface area contributed by atoms with E-state index in [0.717, 1.165) is 24.2 Å². The van der Waals surface area contributed by atoms with Gasteiger partial charge in [-0.1, -0.05) is 41.5 Å². The Balaban J connectivity index is 1.59. The predicted octanol–water partition coefficient (Wildman–Crippen LogP) is 8.78. The third-order valence-electron chi connectivity index (χ3n) is 5.08. The molecule has 0 amide bonds. The lowest BCUT2D eigenvalue weighted by atomic mass is 9.92. The molecule has 4 aromatic heterocycles. The second-order valence-electron chi connectivity index (χ2n) is 10.9. The lowest BCUT2D eigenvalue weighted by Gasteiger charge is -2.16. The third kappa shape index (κ3) is 5.93. The average molecular weight is 461 g/mol. The summed E-state index contributed by atoms with van der Waals surface area (Å²) < 4.78 is 0. The van der Waals surface area contributed by atoms with E-state index >= 15 is 0 Å². The zero-order valence-corrected chi connectivity index (χ0v) is 21.5. The molecule has 0 N–H and O–H groups in total. The number of thiophene rings is 2. The lowest BCUT2D eigenvalue weighted by molar-refractivity contribution is 0.414. The third-order valence-corrected chi connectivity index (χ3v) is 7.35. The minimum Gasteiger partial charge on any atom is -0.255 e. The maximum absolute atomic E-state index is 4.64. The summed E-state index contributed by atoms with van der Waals surface area (Å²) in [4.78, 5) is 14.7. The number of nitrogens with zero attached hydrogens (tertiary/aromatic N) is 2. The highest BCUT2D eigenvalue weighted by Gasteiger charge is 2.15. The summed E-state index contributed by atoms with van der Waals surface area (Å²) in [5, 5.41) is 0. The van der Waals surface area contributed by atoms with Crippen molar-refractivity contribution in [2.45, 2.75) is 54.4 Å². The van der Waals surface area contributed by atoms with Gasteiger partial charge in [-0.2, -0.15) is 0 Å². The Morgan fingerprint density at radius 3 is 1.38 bits per heavy atom. The molecule has 32 heavy (non-hydrogen) atoms. The zero-order valence-electron chi connectivity index (χ0n) is 19.9. The van der Waals surface area contributed by atoms with Gasteiger partial charge in [0.15, 0.2) is 0 Å². The molecule has 0 aromatic carbocycles. The van der Waals surface area contributed by atoms with Gasteiger partial charge in [-0.15, -0.1) is 22.7 Å². The van der Waals surface area contributed by atoms with Crippen molar-refractivity contribution in [2.75, 3.05) is 0 Å². The van der Waals surface area contributed by atoms with E-state index in [9.17, 15) is 0 Å². The van der Waals surface area contributed by atoms with E-state index in [1.807, 2.05) is 35.1 Å². The molecule has 4 rings (SSSR count). The van der Waals surface area contributed by atoms with Gasteiger partial charge in [0.1, 0.15) is 0 Å². The largest absolute Gasteiger partial charge is 0.255 e. The summed E-state index contributed by atoms with van der Waals surface area (Å²) in [5.74, 6) is 0. The van der Waals surface area contributed by atoms with E-state index < -0.39 is 0 Å². The molecule has 0 aliphatic heterocycles. The van der Waals surface area contributed by atoms with Gasteiger partial charge in [-0.25, -0.2) is 0 Å². The number of pyridine rings is 2. The highest BCUT2D eigenvalue weighted by atomic mass is 32.1. The van der Waals surface area contributed by atoms with Crippen LogP contribution in [0.4, 0.5) is 0 Å². The molecule has 0 unspecified atom stereocenters. The molecule has 4 heteroatoms. The highest BCUT2D eigenvalue weighted by Crippen LogP contribution is 2.35. The van der Waals surface area contributed by atoms with Gasteiger partial charge in [0.2, 0.25) is 0 Å². The standard InChI is InChI=1S/C28H32N2S2/c1-27(2,3)17-21-7-9-25(31-21)19-11-13-29-23(15-19)24-16-20(12-14-30-24)26-10-8-22(32-26)18-28(4,5)6/h7-16H,17-18H2,1-6H3. The molecule has 2 nitrogen and oxygen atoms in total. The molecule has 0 atom stereocenters. The van der Waals surface area contributed by atoms with Gasteiger partial charge in [0.25, 0.3) is 0 Å². The fourth-order valence-corrected chi connectivity index (χ4v) is 6.36. The van der Waals surface area contributed by atoms with E-state index in [-0.39, 0.29) is 0 Å². The van der Waals surface area contributed by atoms with Crippen LogP contribution in [0.15, 0.2) is 60.9 Å². The lowest BCUT2D eigenvalue weighted by Crippen LogP contribution is -2.07. The molecule has 4 heterocycles. The van der Waals surface area contributed by atoms with Crippen molar-refractivity contribution >= 4 is 22.7 Å². The maximum Gasteiger partial charge on any atom is 0.0892 e. The van der Waals surface area contributed by atoms with Crippen molar-refractivity contribution in [1.29, 1.82) is 0 Å². The summed E-state index contributed by atoms with van der Waals surface area (Å²) in [7, 11) is 0. The van der Waals surface area contributed by atoms with Crippen molar-refractivity contribution in [1.82, 2.24) is 9.97 Å². The minimum absolute atomic E-state index is 0.296. The highest BCUT2D eigenvalue weighted by molar-refractivity contribution is 7.15. The van der Waals surface area contributed by atoms with E-state index in [1.165, 1.54) is 30.6 Å². The number of rotatable bonds is 5. The SMILES string of the molecule is CC(C)(C)Cc1ccc(-c2ccnc(-c3cc(-c4ccc(CC(C)(C)C)s4)ccn3)c2)s1. The Kier molecular flexibility index (Phi) is 6.37. The molecule has 0 saturated heterocycles. The normalized spacial score (nSPS) is 12.3. The molecular formula is C28H32N2S2. The smallest absolute Gasteiger partial charge is 0.0892 e. The molecule has 0 radical (unpaired) electrons. The Bertz CT molecular complexity index is 1110. The van der Waals surface area contributed by atoms with Gasteiger partial charge in [0.05, 0.1) is 11.4 Å². The van der Waals surface area contributed by atoms with Gasteiger partial charge >= 0.3 is 0 Å². The van der Waals surface area contributed by atoms with Gasteiger partial charge < -0.3 is 0 Å². The first kappa shape index (κ1) is 22.9. The van der Waals surface area contributed by atoms with Gasteiger partial charge in [0, 0.05) is 31.9 Å². The molecule has 0 saturated carbocycles. The van der Waals surface area contributed by atoms with Crippen LogP contribution in [0, 0.1) is 10.8 Å². The summed E-state index contributed by atoms with van der Waals surface area (Å²) in [6.07, 6.45) is 5.98. The molecule has 0 aliphatic carbocycles. The molecule has 0 aliphatic rings. The molecule has 0 fully saturated rings. The van der Waals surface area contributed by atoms with E-state index in [0.29, 0.717) is 10.8 Å². The topological polar surface area (TPSA) is 25.8 Å². The van der Waals surface area contributed by atoms with Crippen molar-refractivity contribution in [3.05, 3.63) is 70.7 Å². The van der Waals surface area contributed by atoms with Crippen LogP contribution in [0.5, 0.6) is 0 Å². The molecule has 166 valence electrons. The van der Waals surface area contributed by atoms with Crippen molar-refractivity contribution in [3.8, 4) is 32.3 Å². The second-order valence-corrected chi connectivity index (χ2v) is 13.2. The fourth-order valence-electron chi connectivity index (χ4n) is 3.75. The monoisotopic (exact) mass is 460 g/mol. The Morgan fingerprint density at radius 2 is 1.00 bits per heavy atom. The number of hydrogen-bond donors (Lipinski definition) is 0. The van der Waals surface area contributed by atoms with Crippen molar-refractivity contribution in [2.24, 2.45) is 10.8 Å². The summed E-state index contributed by atoms with van der Waals surface area (Å²) in [6, 6.07) is 17.5. The first-order valence-corrected chi connectivity index (χ1v) is 12.8. The van der Waals surface area contributed by atoms with Crippen LogP contribution < -0.4 is 0 Å². The Labute approximate surface area is 200 Å². The second kappa shape index (κ2) is 8.92. The van der Waals surface area contributed by atoms with E-state index in [2.05, 4.69) is 100 Å². The maximum atomic E-state index is 4.64. The molecule has 0 spiro atoms. The van der Waals surface area contributed by atoms with Gasteiger partial charge in [-0.3, -0.25) is 9.97 Å². The van der Waals surface area contributed by atoms with Crippen LogP contribution in [0.3, 0.4) is 0 Å². The van der Waals surface area contributed by atoms with E-state index in [4.69, 9.17) is 0 Å². The molecular weight excluding hydrogens is 428 g/mol. The number of hydrogen-bond acceptors (Lipinski definition) is 4. The summed E-state index contributed by atoms with van der Waals surface area (Å²) in [6.45, 7) is 13.7. The van der Waals surface area contributed by atoms with Crippen molar-refractivity contribution in [3.63, 3.8) is 0 Å². The summed E-state index contributed by atoms with van der Waals surface area (Å²) >= 11 is 3.75. The van der Waals surface area contributed by atoms with Crippen LogP contribution in [-0.2, 0) is 12.8 Å². The average Bonchev–Trinajstić information content (AvgIpc) is 3.35.